The van der Waals surface area contributed by atoms with Crippen molar-refractivity contribution in [3.63, 3.8) is 0 Å². The summed E-state index contributed by atoms with van der Waals surface area (Å²) in [5.74, 6) is -0.337. The van der Waals surface area contributed by atoms with E-state index in [2.05, 4.69) is 15.4 Å². The number of fused-ring (bicyclic) bond motifs is 1. The maximum absolute atomic E-state index is 12.8. The van der Waals surface area contributed by atoms with Crippen LogP contribution in [-0.2, 0) is 23.1 Å². The van der Waals surface area contributed by atoms with Gasteiger partial charge in [-0.1, -0.05) is 44.2 Å². The molecule has 1 N–H and O–H groups in total. The van der Waals surface area contributed by atoms with Gasteiger partial charge < -0.3 is 5.32 Å². The van der Waals surface area contributed by atoms with E-state index in [1.54, 1.807) is 18.5 Å². The predicted molar refractivity (Wildman–Crippen MR) is 136 cm³/mol. The van der Waals surface area contributed by atoms with Crippen LogP contribution in [0.2, 0.25) is 0 Å². The Morgan fingerprint density at radius 3 is 2.39 bits per heavy atom. The van der Waals surface area contributed by atoms with Gasteiger partial charge in [0.25, 0.3) is 11.5 Å². The molecule has 1 amide bonds. The summed E-state index contributed by atoms with van der Waals surface area (Å²) in [7, 11) is -3.58. The molecule has 0 atom stereocenters. The number of hydrogen-bond acceptors (Lipinski definition) is 6. The lowest BCUT2D eigenvalue weighted by Gasteiger charge is -2.18. The molecule has 2 heterocycles. The Bertz CT molecular complexity index is 1510. The molecule has 0 unspecified atom stereocenters. The molecular weight excluding hydrogens is 480 g/mol. The number of amides is 1. The first-order valence-electron chi connectivity index (χ1n) is 11.7. The maximum Gasteiger partial charge on any atom is 0.264 e. The van der Waals surface area contributed by atoms with Crippen molar-refractivity contribution in [3.8, 4) is 0 Å². The molecule has 0 radical (unpaired) electrons. The van der Waals surface area contributed by atoms with Crippen molar-refractivity contribution < 1.29 is 13.2 Å². The van der Waals surface area contributed by atoms with Gasteiger partial charge in [-0.05, 0) is 29.8 Å². The van der Waals surface area contributed by atoms with Crippen LogP contribution in [0.4, 0.5) is 0 Å². The Morgan fingerprint density at radius 2 is 1.72 bits per heavy atom. The average molecular weight is 509 g/mol. The molecule has 2 aromatic heterocycles. The molecule has 2 aromatic carbocycles. The molecule has 36 heavy (non-hydrogen) atoms. The van der Waals surface area contributed by atoms with Gasteiger partial charge >= 0.3 is 0 Å². The fourth-order valence-corrected chi connectivity index (χ4v) is 5.38. The monoisotopic (exact) mass is 508 g/mol. The first-order chi connectivity index (χ1) is 17.3. The maximum atomic E-state index is 12.8. The molecule has 4 rings (SSSR count). The van der Waals surface area contributed by atoms with Gasteiger partial charge in [0, 0.05) is 25.2 Å². The van der Waals surface area contributed by atoms with Crippen LogP contribution < -0.4 is 10.9 Å². The van der Waals surface area contributed by atoms with E-state index in [-0.39, 0.29) is 22.9 Å². The summed E-state index contributed by atoms with van der Waals surface area (Å²) in [6, 6.07) is 15.5. The van der Waals surface area contributed by atoms with Crippen LogP contribution in [0.25, 0.3) is 11.0 Å². The molecular formula is C25H28N6O4S. The number of benzene rings is 2. The normalized spacial score (nSPS) is 11.8. The Morgan fingerprint density at radius 1 is 1.03 bits per heavy atom. The third-order valence-electron chi connectivity index (χ3n) is 5.89. The van der Waals surface area contributed by atoms with Crippen molar-refractivity contribution in [2.75, 3.05) is 19.6 Å². The lowest BCUT2D eigenvalue weighted by Crippen LogP contribution is -2.31. The molecule has 10 nitrogen and oxygen atoms in total. The van der Waals surface area contributed by atoms with E-state index in [0.29, 0.717) is 42.8 Å². The molecule has 11 heteroatoms. The van der Waals surface area contributed by atoms with Gasteiger partial charge in [0.05, 0.1) is 24.2 Å². The molecule has 0 spiro atoms. The molecule has 0 aliphatic carbocycles. The highest BCUT2D eigenvalue weighted by Crippen LogP contribution is 2.16. The lowest BCUT2D eigenvalue weighted by atomic mass is 10.2. The van der Waals surface area contributed by atoms with E-state index < -0.39 is 10.0 Å². The second kappa shape index (κ2) is 10.8. The molecule has 0 aliphatic heterocycles. The van der Waals surface area contributed by atoms with Crippen LogP contribution >= 0.6 is 0 Å². The van der Waals surface area contributed by atoms with Crippen molar-refractivity contribution >= 4 is 27.0 Å². The first-order valence-corrected chi connectivity index (χ1v) is 13.1. The zero-order valence-electron chi connectivity index (χ0n) is 20.2. The second-order valence-corrected chi connectivity index (χ2v) is 10.1. The Kier molecular flexibility index (Phi) is 7.61. The van der Waals surface area contributed by atoms with Crippen LogP contribution in [0.3, 0.4) is 0 Å². The van der Waals surface area contributed by atoms with Crippen LogP contribution in [0.5, 0.6) is 0 Å². The topological polar surface area (TPSA) is 119 Å². The fraction of sp³-hybridized carbons (Fsp3) is 0.280. The SMILES string of the molecule is CCN(CC)S(=O)(=O)c1ccc(C(=O)NCCn2ncc3c(=O)n(Cc4ccccc4)cnc32)cc1. The highest BCUT2D eigenvalue weighted by molar-refractivity contribution is 7.89. The number of hydrogen-bond donors (Lipinski definition) is 1. The summed E-state index contributed by atoms with van der Waals surface area (Å²) in [5, 5.41) is 7.46. The lowest BCUT2D eigenvalue weighted by molar-refractivity contribution is 0.0952. The van der Waals surface area contributed by atoms with Gasteiger partial charge in [0.1, 0.15) is 11.7 Å². The van der Waals surface area contributed by atoms with Crippen LogP contribution in [0, 0.1) is 0 Å². The molecule has 0 saturated carbocycles. The molecule has 0 bridgehead atoms. The summed E-state index contributed by atoms with van der Waals surface area (Å²) in [6.45, 7) is 5.29. The number of carbonyl (C=O) groups is 1. The van der Waals surface area contributed by atoms with Crippen molar-refractivity contribution in [1.29, 1.82) is 0 Å². The van der Waals surface area contributed by atoms with Gasteiger partial charge in [0.2, 0.25) is 10.0 Å². The summed E-state index contributed by atoms with van der Waals surface area (Å²) in [4.78, 5) is 29.9. The summed E-state index contributed by atoms with van der Waals surface area (Å²) in [6.07, 6.45) is 2.99. The first kappa shape index (κ1) is 25.3. The van der Waals surface area contributed by atoms with E-state index in [4.69, 9.17) is 0 Å². The predicted octanol–water partition coefficient (Wildman–Crippen LogP) is 2.10. The summed E-state index contributed by atoms with van der Waals surface area (Å²) < 4.78 is 29.7. The number of nitrogens with one attached hydrogen (secondary N) is 1. The Balaban J connectivity index is 1.39. The highest BCUT2D eigenvalue weighted by Gasteiger charge is 2.21. The number of carbonyl (C=O) groups excluding carboxylic acids is 1. The smallest absolute Gasteiger partial charge is 0.264 e. The van der Waals surface area contributed by atoms with Gasteiger partial charge in [0.15, 0.2) is 5.65 Å². The van der Waals surface area contributed by atoms with Gasteiger partial charge in [-0.2, -0.15) is 9.40 Å². The number of aromatic nitrogens is 4. The van der Waals surface area contributed by atoms with Gasteiger partial charge in [-0.25, -0.2) is 18.1 Å². The second-order valence-electron chi connectivity index (χ2n) is 8.14. The van der Waals surface area contributed by atoms with Crippen molar-refractivity contribution in [1.82, 2.24) is 29.0 Å². The van der Waals surface area contributed by atoms with Crippen LogP contribution in [-0.4, -0.2) is 57.6 Å². The summed E-state index contributed by atoms with van der Waals surface area (Å²) in [5.41, 5.74) is 1.61. The van der Waals surface area contributed by atoms with Crippen molar-refractivity contribution in [2.45, 2.75) is 31.8 Å². The van der Waals surface area contributed by atoms with Crippen LogP contribution in [0.15, 0.2) is 76.8 Å². The van der Waals surface area contributed by atoms with Gasteiger partial charge in [-0.3, -0.25) is 14.2 Å². The van der Waals surface area contributed by atoms with E-state index >= 15 is 0 Å². The third-order valence-corrected chi connectivity index (χ3v) is 7.95. The average Bonchev–Trinajstić information content (AvgIpc) is 3.30. The van der Waals surface area contributed by atoms with Crippen molar-refractivity contribution in [3.05, 3.63) is 88.6 Å². The molecule has 4 aromatic rings. The highest BCUT2D eigenvalue weighted by atomic mass is 32.2. The van der Waals surface area contributed by atoms with Crippen LogP contribution in [0.1, 0.15) is 29.8 Å². The zero-order chi connectivity index (χ0) is 25.7. The minimum atomic E-state index is -3.58. The molecule has 188 valence electrons. The van der Waals surface area contributed by atoms with Crippen molar-refractivity contribution in [2.24, 2.45) is 0 Å². The minimum absolute atomic E-state index is 0.148. The Hall–Kier alpha value is -3.83. The quantitative estimate of drug-likeness (QED) is 0.350. The van der Waals surface area contributed by atoms with E-state index in [1.165, 1.54) is 45.7 Å². The summed E-state index contributed by atoms with van der Waals surface area (Å²) >= 11 is 0. The third kappa shape index (κ3) is 5.21. The minimum Gasteiger partial charge on any atom is -0.350 e. The zero-order valence-corrected chi connectivity index (χ0v) is 21.0. The standard InChI is InChI=1S/C25H28N6O4S/c1-3-30(4-2)36(34,35)21-12-10-20(11-13-21)24(32)26-14-15-31-23-22(16-28-31)25(33)29(18-27-23)17-19-8-6-5-7-9-19/h5-13,16,18H,3-4,14-15,17H2,1-2H3,(H,26,32). The largest absolute Gasteiger partial charge is 0.350 e. The van der Waals surface area contributed by atoms with E-state index in [9.17, 15) is 18.0 Å². The molecule has 0 saturated heterocycles. The number of rotatable bonds is 10. The molecule has 0 fully saturated rings. The number of nitrogens with zero attached hydrogens (tertiary/aromatic N) is 5. The van der Waals surface area contributed by atoms with E-state index in [1.807, 2.05) is 30.3 Å². The molecule has 0 aliphatic rings. The van der Waals surface area contributed by atoms with Gasteiger partial charge in [-0.15, -0.1) is 0 Å². The fourth-order valence-electron chi connectivity index (χ4n) is 3.92. The Labute approximate surface area is 209 Å². The van der Waals surface area contributed by atoms with E-state index in [0.717, 1.165) is 5.56 Å². The number of sulfonamides is 1.